The molecule has 1 aromatic rings. The van der Waals surface area contributed by atoms with Crippen LogP contribution >= 0.6 is 0 Å². The second kappa shape index (κ2) is 5.53. The van der Waals surface area contributed by atoms with E-state index in [1.807, 2.05) is 6.07 Å². The number of hydrogen-bond donors (Lipinski definition) is 0. The molecule has 3 nitrogen and oxygen atoms in total. The summed E-state index contributed by atoms with van der Waals surface area (Å²) in [6.07, 6.45) is 0.0399. The monoisotopic (exact) mass is 217 g/mol. The fraction of sp³-hybridized carbons (Fsp3) is 0.167. The third-order valence-corrected chi connectivity index (χ3v) is 1.78. The third-order valence-electron chi connectivity index (χ3n) is 1.78. The van der Waals surface area contributed by atoms with Crippen LogP contribution < -0.4 is 0 Å². The molecule has 0 N–H and O–H groups in total. The fourth-order valence-corrected chi connectivity index (χ4v) is 1.04. The molecule has 0 aliphatic carbocycles. The highest BCUT2D eigenvalue weighted by Crippen LogP contribution is 2.10. The highest BCUT2D eigenvalue weighted by atomic mass is 19.1. The molecule has 0 saturated carbocycles. The van der Waals surface area contributed by atoms with Crippen LogP contribution in [0.4, 0.5) is 4.39 Å². The molecule has 4 heteroatoms. The highest BCUT2D eigenvalue weighted by molar-refractivity contribution is 5.89. The average molecular weight is 217 g/mol. The molecule has 1 aromatic carbocycles. The molecule has 1 rings (SSSR count). The van der Waals surface area contributed by atoms with Crippen LogP contribution in [-0.2, 0) is 4.74 Å². The van der Waals surface area contributed by atoms with E-state index in [4.69, 9.17) is 5.26 Å². The van der Waals surface area contributed by atoms with Gasteiger partial charge in [-0.1, -0.05) is 11.8 Å². The Hall–Kier alpha value is -2.33. The van der Waals surface area contributed by atoms with Gasteiger partial charge in [0, 0.05) is 0 Å². The molecule has 0 aromatic heterocycles. The minimum Gasteiger partial charge on any atom is -0.465 e. The quantitative estimate of drug-likeness (QED) is 0.533. The Morgan fingerprint density at radius 2 is 2.31 bits per heavy atom. The van der Waals surface area contributed by atoms with Crippen LogP contribution in [0.5, 0.6) is 0 Å². The standard InChI is InChI=1S/C12H8FNO2/c1-16-12(15)10-6-5-9(11(13)8-10)4-2-3-7-14/h5-6,8H,3H2,1H3. The summed E-state index contributed by atoms with van der Waals surface area (Å²) in [5.74, 6) is 3.78. The van der Waals surface area contributed by atoms with Crippen molar-refractivity contribution in [3.8, 4) is 17.9 Å². The molecule has 0 aliphatic heterocycles. The zero-order valence-corrected chi connectivity index (χ0v) is 8.58. The maximum atomic E-state index is 13.4. The van der Waals surface area contributed by atoms with Crippen molar-refractivity contribution in [3.63, 3.8) is 0 Å². The number of benzene rings is 1. The van der Waals surface area contributed by atoms with E-state index in [9.17, 15) is 9.18 Å². The van der Waals surface area contributed by atoms with E-state index in [1.54, 1.807) is 0 Å². The third kappa shape index (κ3) is 2.83. The lowest BCUT2D eigenvalue weighted by atomic mass is 10.1. The molecule has 0 saturated heterocycles. The Labute approximate surface area is 92.5 Å². The van der Waals surface area contributed by atoms with Gasteiger partial charge in [-0.05, 0) is 18.2 Å². The van der Waals surface area contributed by atoms with Gasteiger partial charge in [0.25, 0.3) is 0 Å². The molecule has 0 spiro atoms. The summed E-state index contributed by atoms with van der Waals surface area (Å²) in [5.41, 5.74) is 0.286. The van der Waals surface area contributed by atoms with Gasteiger partial charge in [0.2, 0.25) is 0 Å². The van der Waals surface area contributed by atoms with Gasteiger partial charge >= 0.3 is 5.97 Å². The van der Waals surface area contributed by atoms with Crippen molar-refractivity contribution < 1.29 is 13.9 Å². The Morgan fingerprint density at radius 1 is 1.56 bits per heavy atom. The van der Waals surface area contributed by atoms with Crippen LogP contribution in [0.2, 0.25) is 0 Å². The molecule has 0 fully saturated rings. The number of rotatable bonds is 1. The predicted molar refractivity (Wildman–Crippen MR) is 54.8 cm³/mol. The van der Waals surface area contributed by atoms with Crippen molar-refractivity contribution >= 4 is 5.97 Å². The smallest absolute Gasteiger partial charge is 0.337 e. The van der Waals surface area contributed by atoms with E-state index >= 15 is 0 Å². The molecular weight excluding hydrogens is 209 g/mol. The molecule has 0 unspecified atom stereocenters. The lowest BCUT2D eigenvalue weighted by molar-refractivity contribution is 0.0600. The minimum atomic E-state index is -0.603. The van der Waals surface area contributed by atoms with Crippen LogP contribution in [0.15, 0.2) is 18.2 Å². The first-order chi connectivity index (χ1) is 7.69. The molecular formula is C12H8FNO2. The zero-order valence-electron chi connectivity index (χ0n) is 8.58. The van der Waals surface area contributed by atoms with Crippen LogP contribution in [0.1, 0.15) is 22.3 Å². The number of carbonyl (C=O) groups excluding carboxylic acids is 1. The average Bonchev–Trinajstić information content (AvgIpc) is 2.30. The molecule has 0 radical (unpaired) electrons. The second-order valence-corrected chi connectivity index (χ2v) is 2.82. The zero-order chi connectivity index (χ0) is 12.0. The number of hydrogen-bond acceptors (Lipinski definition) is 3. The minimum absolute atomic E-state index is 0.0399. The van der Waals surface area contributed by atoms with Crippen molar-refractivity contribution in [2.75, 3.05) is 7.11 Å². The van der Waals surface area contributed by atoms with E-state index in [2.05, 4.69) is 16.6 Å². The molecule has 0 bridgehead atoms. The van der Waals surface area contributed by atoms with Crippen molar-refractivity contribution in [2.24, 2.45) is 0 Å². The Bertz CT molecular complexity index is 506. The fourth-order valence-electron chi connectivity index (χ4n) is 1.04. The number of halogens is 1. The molecule has 0 heterocycles. The van der Waals surface area contributed by atoms with Gasteiger partial charge in [-0.2, -0.15) is 5.26 Å². The molecule has 80 valence electrons. The number of methoxy groups -OCH3 is 1. The van der Waals surface area contributed by atoms with E-state index in [-0.39, 0.29) is 17.5 Å². The van der Waals surface area contributed by atoms with Gasteiger partial charge in [0.1, 0.15) is 5.82 Å². The molecule has 0 amide bonds. The number of nitrogens with zero attached hydrogens (tertiary/aromatic N) is 1. The predicted octanol–water partition coefficient (Wildman–Crippen LogP) is 1.88. The van der Waals surface area contributed by atoms with Gasteiger partial charge in [0.15, 0.2) is 0 Å². The summed E-state index contributed by atoms with van der Waals surface area (Å²) >= 11 is 0. The number of esters is 1. The molecule has 0 aliphatic rings. The van der Waals surface area contributed by atoms with E-state index < -0.39 is 11.8 Å². The maximum absolute atomic E-state index is 13.4. The second-order valence-electron chi connectivity index (χ2n) is 2.82. The van der Waals surface area contributed by atoms with Gasteiger partial charge < -0.3 is 4.74 Å². The highest BCUT2D eigenvalue weighted by Gasteiger charge is 2.08. The number of ether oxygens (including phenoxy) is 1. The first kappa shape index (κ1) is 11.7. The Kier molecular flexibility index (Phi) is 4.06. The van der Waals surface area contributed by atoms with E-state index in [0.29, 0.717) is 0 Å². The summed E-state index contributed by atoms with van der Waals surface area (Å²) in [7, 11) is 1.22. The normalized spacial score (nSPS) is 8.56. The van der Waals surface area contributed by atoms with E-state index in [1.165, 1.54) is 19.2 Å². The summed E-state index contributed by atoms with van der Waals surface area (Å²) in [4.78, 5) is 11.1. The van der Waals surface area contributed by atoms with E-state index in [0.717, 1.165) is 6.07 Å². The van der Waals surface area contributed by atoms with Crippen molar-refractivity contribution in [1.29, 1.82) is 5.26 Å². The van der Waals surface area contributed by atoms with Crippen LogP contribution in [-0.4, -0.2) is 13.1 Å². The molecule has 16 heavy (non-hydrogen) atoms. The topological polar surface area (TPSA) is 50.1 Å². The summed E-state index contributed by atoms with van der Waals surface area (Å²) in [5, 5.41) is 8.25. The number of carbonyl (C=O) groups is 1. The van der Waals surface area contributed by atoms with Crippen molar-refractivity contribution in [2.45, 2.75) is 6.42 Å². The van der Waals surface area contributed by atoms with Crippen LogP contribution in [0.25, 0.3) is 0 Å². The lowest BCUT2D eigenvalue weighted by Crippen LogP contribution is -2.02. The summed E-state index contributed by atoms with van der Waals surface area (Å²) < 4.78 is 17.8. The summed E-state index contributed by atoms with van der Waals surface area (Å²) in [6, 6.07) is 5.69. The largest absolute Gasteiger partial charge is 0.465 e. The van der Waals surface area contributed by atoms with Gasteiger partial charge in [-0.3, -0.25) is 0 Å². The first-order valence-corrected chi connectivity index (χ1v) is 4.42. The SMILES string of the molecule is COC(=O)c1ccc(C#CCC#N)c(F)c1. The first-order valence-electron chi connectivity index (χ1n) is 4.42. The van der Waals surface area contributed by atoms with Crippen LogP contribution in [0, 0.1) is 29.0 Å². The van der Waals surface area contributed by atoms with Crippen molar-refractivity contribution in [1.82, 2.24) is 0 Å². The van der Waals surface area contributed by atoms with Crippen LogP contribution in [0.3, 0.4) is 0 Å². The maximum Gasteiger partial charge on any atom is 0.337 e. The van der Waals surface area contributed by atoms with Gasteiger partial charge in [-0.15, -0.1) is 0 Å². The Morgan fingerprint density at radius 3 is 2.88 bits per heavy atom. The number of nitriles is 1. The lowest BCUT2D eigenvalue weighted by Gasteiger charge is -2.00. The van der Waals surface area contributed by atoms with Gasteiger partial charge in [-0.25, -0.2) is 9.18 Å². The summed E-state index contributed by atoms with van der Waals surface area (Å²) in [6.45, 7) is 0. The van der Waals surface area contributed by atoms with Crippen molar-refractivity contribution in [3.05, 3.63) is 35.1 Å². The van der Waals surface area contributed by atoms with Gasteiger partial charge in [0.05, 0.1) is 30.7 Å². The Balaban J connectivity index is 2.98. The molecule has 0 atom stereocenters.